The predicted octanol–water partition coefficient (Wildman–Crippen LogP) is 2.11. The molecule has 0 bridgehead atoms. The van der Waals surface area contributed by atoms with Crippen LogP contribution < -0.4 is 11.1 Å². The van der Waals surface area contributed by atoms with Crippen molar-refractivity contribution in [2.75, 3.05) is 12.3 Å². The molecule has 4 nitrogen and oxygen atoms in total. The maximum atomic E-state index is 11.5. The van der Waals surface area contributed by atoms with Crippen LogP contribution in [0.1, 0.15) is 13.8 Å². The zero-order valence-corrected chi connectivity index (χ0v) is 12.0. The summed E-state index contributed by atoms with van der Waals surface area (Å²) in [5, 5.41) is 5.38. The number of hydrogen-bond acceptors (Lipinski definition) is 3. The Bertz CT molecular complexity index is 548. The third-order valence-electron chi connectivity index (χ3n) is 3.13. The van der Waals surface area contributed by atoms with Crippen LogP contribution in [-0.4, -0.2) is 28.7 Å². The molecule has 4 N–H and O–H groups in total. The summed E-state index contributed by atoms with van der Waals surface area (Å²) in [6.07, 6.45) is 0. The summed E-state index contributed by atoms with van der Waals surface area (Å²) in [7, 11) is 0. The minimum Gasteiger partial charge on any atom is -0.368 e. The third kappa shape index (κ3) is 3.11. The number of H-pyrrole nitrogens is 1. The predicted molar refractivity (Wildman–Crippen MR) is 80.3 cm³/mol. The summed E-state index contributed by atoms with van der Waals surface area (Å²) in [6.45, 7) is 4.52. The monoisotopic (exact) mass is 277 g/mol. The molecule has 0 fully saturated rings. The SMILES string of the molecule is CCNC(C)(CSc1cc2ccccc2[nH]1)C(N)=O. The number of thioether (sulfide) groups is 1. The van der Waals surface area contributed by atoms with Crippen LogP contribution in [0.4, 0.5) is 0 Å². The van der Waals surface area contributed by atoms with Crippen LogP contribution in [0.25, 0.3) is 10.9 Å². The molecule has 1 heterocycles. The average Bonchev–Trinajstić information content (AvgIpc) is 2.79. The van der Waals surface area contributed by atoms with Crippen LogP contribution in [0.5, 0.6) is 0 Å². The van der Waals surface area contributed by atoms with E-state index in [1.807, 2.05) is 32.0 Å². The van der Waals surface area contributed by atoms with E-state index in [2.05, 4.69) is 22.4 Å². The molecule has 1 aromatic carbocycles. The fourth-order valence-electron chi connectivity index (χ4n) is 1.95. The normalized spacial score (nSPS) is 14.4. The molecule has 2 aromatic rings. The largest absolute Gasteiger partial charge is 0.368 e. The van der Waals surface area contributed by atoms with Gasteiger partial charge in [0.15, 0.2) is 0 Å². The minimum absolute atomic E-state index is 0.321. The Labute approximate surface area is 117 Å². The van der Waals surface area contributed by atoms with Crippen molar-refractivity contribution >= 4 is 28.6 Å². The zero-order chi connectivity index (χ0) is 13.9. The van der Waals surface area contributed by atoms with E-state index in [-0.39, 0.29) is 5.91 Å². The Morgan fingerprint density at radius 3 is 2.84 bits per heavy atom. The van der Waals surface area contributed by atoms with Crippen molar-refractivity contribution in [3.05, 3.63) is 30.3 Å². The number of rotatable bonds is 6. The Hall–Kier alpha value is -1.46. The molecule has 1 unspecified atom stereocenters. The molecular weight excluding hydrogens is 258 g/mol. The van der Waals surface area contributed by atoms with E-state index in [1.54, 1.807) is 11.8 Å². The summed E-state index contributed by atoms with van der Waals surface area (Å²) in [6, 6.07) is 10.2. The molecule has 0 spiro atoms. The highest BCUT2D eigenvalue weighted by atomic mass is 32.2. The van der Waals surface area contributed by atoms with Crippen molar-refractivity contribution in [3.8, 4) is 0 Å². The quantitative estimate of drug-likeness (QED) is 0.708. The molecule has 1 atom stereocenters. The minimum atomic E-state index is -0.684. The average molecular weight is 277 g/mol. The number of carbonyl (C=O) groups is 1. The molecule has 19 heavy (non-hydrogen) atoms. The van der Waals surface area contributed by atoms with Crippen molar-refractivity contribution in [1.82, 2.24) is 10.3 Å². The lowest BCUT2D eigenvalue weighted by Gasteiger charge is -2.26. The molecule has 1 aromatic heterocycles. The van der Waals surface area contributed by atoms with Crippen molar-refractivity contribution in [2.24, 2.45) is 5.73 Å². The van der Waals surface area contributed by atoms with E-state index < -0.39 is 5.54 Å². The number of hydrogen-bond donors (Lipinski definition) is 3. The fraction of sp³-hybridized carbons (Fsp3) is 0.357. The lowest BCUT2D eigenvalue weighted by atomic mass is 10.1. The fourth-order valence-corrected chi connectivity index (χ4v) is 3.03. The van der Waals surface area contributed by atoms with E-state index in [0.717, 1.165) is 10.5 Å². The van der Waals surface area contributed by atoms with Gasteiger partial charge in [-0.1, -0.05) is 25.1 Å². The Kier molecular flexibility index (Phi) is 4.17. The molecule has 0 aliphatic rings. The van der Waals surface area contributed by atoms with Gasteiger partial charge in [0.25, 0.3) is 0 Å². The van der Waals surface area contributed by atoms with E-state index >= 15 is 0 Å². The number of carbonyl (C=O) groups excluding carboxylic acids is 1. The van der Waals surface area contributed by atoms with Crippen LogP contribution in [0, 0.1) is 0 Å². The number of likely N-dealkylation sites (N-methyl/N-ethyl adjacent to an activating group) is 1. The van der Waals surface area contributed by atoms with Gasteiger partial charge >= 0.3 is 0 Å². The van der Waals surface area contributed by atoms with E-state index in [4.69, 9.17) is 5.73 Å². The topological polar surface area (TPSA) is 70.9 Å². The number of fused-ring (bicyclic) bond motifs is 1. The molecule has 0 aliphatic heterocycles. The van der Waals surface area contributed by atoms with Gasteiger partial charge in [0, 0.05) is 16.7 Å². The number of benzene rings is 1. The molecule has 1 amide bonds. The second-order valence-electron chi connectivity index (χ2n) is 4.74. The van der Waals surface area contributed by atoms with Crippen LogP contribution >= 0.6 is 11.8 Å². The lowest BCUT2D eigenvalue weighted by molar-refractivity contribution is -0.122. The molecule has 2 rings (SSSR count). The number of amides is 1. The van der Waals surface area contributed by atoms with Gasteiger partial charge in [-0.25, -0.2) is 0 Å². The van der Waals surface area contributed by atoms with Crippen molar-refractivity contribution in [1.29, 1.82) is 0 Å². The van der Waals surface area contributed by atoms with Crippen LogP contribution in [-0.2, 0) is 4.79 Å². The molecular formula is C14H19N3OS. The van der Waals surface area contributed by atoms with Crippen molar-refractivity contribution in [2.45, 2.75) is 24.4 Å². The first-order chi connectivity index (χ1) is 9.05. The highest BCUT2D eigenvalue weighted by Gasteiger charge is 2.30. The first-order valence-corrected chi connectivity index (χ1v) is 7.29. The Balaban J connectivity index is 2.10. The highest BCUT2D eigenvalue weighted by molar-refractivity contribution is 7.99. The van der Waals surface area contributed by atoms with Gasteiger partial charge in [-0.05, 0) is 25.6 Å². The second kappa shape index (κ2) is 5.67. The first kappa shape index (κ1) is 14.0. The third-order valence-corrected chi connectivity index (χ3v) is 4.38. The molecule has 0 saturated heterocycles. The van der Waals surface area contributed by atoms with Crippen LogP contribution in [0.2, 0.25) is 0 Å². The number of para-hydroxylation sites is 1. The van der Waals surface area contributed by atoms with Gasteiger partial charge < -0.3 is 16.0 Å². The van der Waals surface area contributed by atoms with E-state index in [0.29, 0.717) is 12.3 Å². The van der Waals surface area contributed by atoms with Crippen molar-refractivity contribution < 1.29 is 4.79 Å². The van der Waals surface area contributed by atoms with Gasteiger partial charge in [-0.15, -0.1) is 11.8 Å². The zero-order valence-electron chi connectivity index (χ0n) is 11.2. The number of aromatic nitrogens is 1. The number of aromatic amines is 1. The second-order valence-corrected chi connectivity index (χ2v) is 5.75. The first-order valence-electron chi connectivity index (χ1n) is 6.30. The van der Waals surface area contributed by atoms with Gasteiger partial charge in [-0.2, -0.15) is 0 Å². The van der Waals surface area contributed by atoms with Gasteiger partial charge in [0.05, 0.1) is 5.03 Å². The number of nitrogens with one attached hydrogen (secondary N) is 2. The molecule has 102 valence electrons. The molecule has 0 saturated carbocycles. The maximum absolute atomic E-state index is 11.5. The molecule has 5 heteroatoms. The standard InChI is InChI=1S/C14H19N3OS/c1-3-16-14(2,13(15)18)9-19-12-8-10-6-4-5-7-11(10)17-12/h4-8,16-17H,3,9H2,1-2H3,(H2,15,18). The number of nitrogens with two attached hydrogens (primary N) is 1. The Morgan fingerprint density at radius 1 is 1.47 bits per heavy atom. The van der Waals surface area contributed by atoms with Crippen LogP contribution in [0.3, 0.4) is 0 Å². The lowest BCUT2D eigenvalue weighted by Crippen LogP contribution is -2.55. The molecule has 0 aliphatic carbocycles. The van der Waals surface area contributed by atoms with E-state index in [9.17, 15) is 4.79 Å². The summed E-state index contributed by atoms with van der Waals surface area (Å²) in [5.41, 5.74) is 5.89. The van der Waals surface area contributed by atoms with Gasteiger partial charge in [0.1, 0.15) is 5.54 Å². The van der Waals surface area contributed by atoms with Gasteiger partial charge in [-0.3, -0.25) is 4.79 Å². The van der Waals surface area contributed by atoms with E-state index in [1.165, 1.54) is 5.39 Å². The molecule has 0 radical (unpaired) electrons. The van der Waals surface area contributed by atoms with Crippen LogP contribution in [0.15, 0.2) is 35.4 Å². The summed E-state index contributed by atoms with van der Waals surface area (Å²) in [4.78, 5) is 14.9. The van der Waals surface area contributed by atoms with Crippen molar-refractivity contribution in [3.63, 3.8) is 0 Å². The van der Waals surface area contributed by atoms with Gasteiger partial charge in [0.2, 0.25) is 5.91 Å². The summed E-state index contributed by atoms with van der Waals surface area (Å²) >= 11 is 1.60. The summed E-state index contributed by atoms with van der Waals surface area (Å²) < 4.78 is 0. The Morgan fingerprint density at radius 2 is 2.21 bits per heavy atom. The highest BCUT2D eigenvalue weighted by Crippen LogP contribution is 2.25. The smallest absolute Gasteiger partial charge is 0.238 e. The summed E-state index contributed by atoms with van der Waals surface area (Å²) in [5.74, 6) is 0.279. The number of primary amides is 1. The maximum Gasteiger partial charge on any atom is 0.238 e.